The standard InChI is InChI=1S/C23H22Br2N2O3S/c1-3-11-30-21-18(24)13-16(14-19(21)25)15-20-22(28)27(10-7-12-29-2)23(31-20)26-17-8-5-4-6-9-17/h3-6,8-9,13-15H,1,7,10-12H2,2H3/b20-15+,26-23?. The van der Waals surface area contributed by atoms with Crippen LogP contribution in [0, 0.1) is 0 Å². The van der Waals surface area contributed by atoms with Crippen molar-refractivity contribution in [3.8, 4) is 5.75 Å². The quantitative estimate of drug-likeness (QED) is 0.200. The van der Waals surface area contributed by atoms with Crippen molar-refractivity contribution < 1.29 is 14.3 Å². The van der Waals surface area contributed by atoms with Gasteiger partial charge in [0.25, 0.3) is 5.91 Å². The third kappa shape index (κ3) is 6.32. The first kappa shape index (κ1) is 23.8. The second-order valence-corrected chi connectivity index (χ2v) is 9.27. The Morgan fingerprint density at radius 3 is 2.55 bits per heavy atom. The largest absolute Gasteiger partial charge is 0.487 e. The fourth-order valence-corrected chi connectivity index (χ4v) is 5.34. The summed E-state index contributed by atoms with van der Waals surface area (Å²) in [7, 11) is 1.66. The van der Waals surface area contributed by atoms with Gasteiger partial charge in [0, 0.05) is 20.3 Å². The molecule has 0 spiro atoms. The van der Waals surface area contributed by atoms with Crippen LogP contribution in [0.5, 0.6) is 5.75 Å². The molecule has 0 aliphatic carbocycles. The number of halogens is 2. The first-order valence-electron chi connectivity index (χ1n) is 9.60. The lowest BCUT2D eigenvalue weighted by atomic mass is 10.2. The molecular weight excluding hydrogens is 544 g/mol. The van der Waals surface area contributed by atoms with Crippen molar-refractivity contribution in [2.75, 3.05) is 26.9 Å². The molecule has 2 aromatic carbocycles. The van der Waals surface area contributed by atoms with Crippen LogP contribution < -0.4 is 4.74 Å². The average molecular weight is 566 g/mol. The number of aliphatic imine (C=N–C) groups is 1. The molecule has 5 nitrogen and oxygen atoms in total. The lowest BCUT2D eigenvalue weighted by Gasteiger charge is -2.15. The number of thioether (sulfide) groups is 1. The van der Waals surface area contributed by atoms with Crippen LogP contribution in [-0.2, 0) is 9.53 Å². The molecule has 0 saturated carbocycles. The van der Waals surface area contributed by atoms with E-state index >= 15 is 0 Å². The SMILES string of the molecule is C=CCOc1c(Br)cc(/C=C2/SC(=Nc3ccccc3)N(CCCOC)C2=O)cc1Br. The molecule has 3 rings (SSSR count). The molecule has 8 heteroatoms. The highest BCUT2D eigenvalue weighted by molar-refractivity contribution is 9.11. The number of benzene rings is 2. The summed E-state index contributed by atoms with van der Waals surface area (Å²) >= 11 is 8.46. The zero-order valence-corrected chi connectivity index (χ0v) is 21.0. The smallest absolute Gasteiger partial charge is 0.266 e. The fourth-order valence-electron chi connectivity index (χ4n) is 2.86. The molecule has 1 saturated heterocycles. The van der Waals surface area contributed by atoms with Crippen LogP contribution in [0.25, 0.3) is 6.08 Å². The van der Waals surface area contributed by atoms with Gasteiger partial charge in [0.1, 0.15) is 12.4 Å². The summed E-state index contributed by atoms with van der Waals surface area (Å²) in [6.07, 6.45) is 4.29. The van der Waals surface area contributed by atoms with Crippen LogP contribution in [0.1, 0.15) is 12.0 Å². The summed E-state index contributed by atoms with van der Waals surface area (Å²) in [4.78, 5) is 20.2. The Hall–Kier alpha value is -1.87. The first-order chi connectivity index (χ1) is 15.0. The zero-order chi connectivity index (χ0) is 22.2. The van der Waals surface area contributed by atoms with Crippen LogP contribution >= 0.6 is 43.6 Å². The van der Waals surface area contributed by atoms with E-state index in [1.54, 1.807) is 18.1 Å². The summed E-state index contributed by atoms with van der Waals surface area (Å²) in [6, 6.07) is 13.5. The van der Waals surface area contributed by atoms with E-state index in [4.69, 9.17) is 14.5 Å². The fraction of sp³-hybridized carbons (Fsp3) is 0.217. The van der Waals surface area contributed by atoms with Crippen molar-refractivity contribution in [2.24, 2.45) is 4.99 Å². The molecule has 162 valence electrons. The number of hydrogen-bond donors (Lipinski definition) is 0. The maximum absolute atomic E-state index is 13.1. The molecule has 0 bridgehead atoms. The Morgan fingerprint density at radius 1 is 1.19 bits per heavy atom. The number of hydrogen-bond acceptors (Lipinski definition) is 5. The van der Waals surface area contributed by atoms with Crippen molar-refractivity contribution >= 4 is 66.5 Å². The van der Waals surface area contributed by atoms with Gasteiger partial charge in [-0.3, -0.25) is 9.69 Å². The molecule has 0 N–H and O–H groups in total. The van der Waals surface area contributed by atoms with Gasteiger partial charge in [0.05, 0.1) is 19.5 Å². The van der Waals surface area contributed by atoms with Crippen molar-refractivity contribution in [3.63, 3.8) is 0 Å². The van der Waals surface area contributed by atoms with E-state index in [-0.39, 0.29) is 5.91 Å². The van der Waals surface area contributed by atoms with E-state index < -0.39 is 0 Å². The number of amides is 1. The van der Waals surface area contributed by atoms with E-state index in [1.165, 1.54) is 11.8 Å². The van der Waals surface area contributed by atoms with Gasteiger partial charge in [0.2, 0.25) is 0 Å². The van der Waals surface area contributed by atoms with E-state index in [0.717, 1.165) is 26.6 Å². The number of para-hydroxylation sites is 1. The molecule has 0 unspecified atom stereocenters. The molecule has 0 atom stereocenters. The third-order valence-electron chi connectivity index (χ3n) is 4.26. The number of nitrogens with zero attached hydrogens (tertiary/aromatic N) is 2. The van der Waals surface area contributed by atoms with Crippen molar-refractivity contribution in [3.05, 3.63) is 74.5 Å². The highest BCUT2D eigenvalue weighted by atomic mass is 79.9. The Kier molecular flexibility index (Phi) is 8.95. The number of ether oxygens (including phenoxy) is 2. The molecule has 1 aliphatic heterocycles. The number of carbonyl (C=O) groups is 1. The van der Waals surface area contributed by atoms with Gasteiger partial charge in [-0.2, -0.15) is 0 Å². The molecular formula is C23H22Br2N2O3S. The van der Waals surface area contributed by atoms with Crippen LogP contribution in [0.2, 0.25) is 0 Å². The maximum Gasteiger partial charge on any atom is 0.266 e. The highest BCUT2D eigenvalue weighted by Crippen LogP contribution is 2.38. The van der Waals surface area contributed by atoms with Crippen LogP contribution in [0.15, 0.2) is 74.0 Å². The van der Waals surface area contributed by atoms with E-state index in [0.29, 0.717) is 35.6 Å². The first-order valence-corrected chi connectivity index (χ1v) is 12.0. The summed E-state index contributed by atoms with van der Waals surface area (Å²) in [5, 5.41) is 0.669. The van der Waals surface area contributed by atoms with Crippen molar-refractivity contribution in [1.82, 2.24) is 4.90 Å². The van der Waals surface area contributed by atoms with Crippen molar-refractivity contribution in [1.29, 1.82) is 0 Å². The monoisotopic (exact) mass is 564 g/mol. The van der Waals surface area contributed by atoms with Crippen LogP contribution in [-0.4, -0.2) is 42.8 Å². The minimum Gasteiger partial charge on any atom is -0.487 e. The molecule has 0 radical (unpaired) electrons. The normalized spacial score (nSPS) is 16.4. The zero-order valence-electron chi connectivity index (χ0n) is 17.0. The Balaban J connectivity index is 1.90. The minimum absolute atomic E-state index is 0.0602. The predicted molar refractivity (Wildman–Crippen MR) is 135 cm³/mol. The van der Waals surface area contributed by atoms with Gasteiger partial charge in [-0.25, -0.2) is 4.99 Å². The number of methoxy groups -OCH3 is 1. The lowest BCUT2D eigenvalue weighted by molar-refractivity contribution is -0.122. The van der Waals surface area contributed by atoms with E-state index in [1.807, 2.05) is 48.5 Å². The second kappa shape index (κ2) is 11.7. The predicted octanol–water partition coefficient (Wildman–Crippen LogP) is 6.42. The van der Waals surface area contributed by atoms with Gasteiger partial charge in [-0.1, -0.05) is 30.9 Å². The average Bonchev–Trinajstić information content (AvgIpc) is 3.03. The molecule has 2 aromatic rings. The lowest BCUT2D eigenvalue weighted by Crippen LogP contribution is -2.30. The number of carbonyl (C=O) groups excluding carboxylic acids is 1. The summed E-state index contributed by atoms with van der Waals surface area (Å²) in [5.74, 6) is 0.634. The Morgan fingerprint density at radius 2 is 1.90 bits per heavy atom. The van der Waals surface area contributed by atoms with Crippen molar-refractivity contribution in [2.45, 2.75) is 6.42 Å². The second-order valence-electron chi connectivity index (χ2n) is 6.56. The van der Waals surface area contributed by atoms with Gasteiger partial charge >= 0.3 is 0 Å². The van der Waals surface area contributed by atoms with Crippen LogP contribution in [0.3, 0.4) is 0 Å². The Labute approximate surface area is 203 Å². The van der Waals surface area contributed by atoms with Crippen LogP contribution in [0.4, 0.5) is 5.69 Å². The molecule has 1 heterocycles. The van der Waals surface area contributed by atoms with E-state index in [2.05, 4.69) is 38.4 Å². The number of amidine groups is 1. The number of rotatable bonds is 9. The third-order valence-corrected chi connectivity index (χ3v) is 6.45. The van der Waals surface area contributed by atoms with Gasteiger partial charge in [0.15, 0.2) is 5.17 Å². The summed E-state index contributed by atoms with van der Waals surface area (Å²) in [5.41, 5.74) is 1.68. The molecule has 31 heavy (non-hydrogen) atoms. The molecule has 1 fully saturated rings. The highest BCUT2D eigenvalue weighted by Gasteiger charge is 2.33. The molecule has 0 aromatic heterocycles. The molecule has 1 amide bonds. The molecule has 1 aliphatic rings. The van der Waals surface area contributed by atoms with E-state index in [9.17, 15) is 4.79 Å². The summed E-state index contributed by atoms with van der Waals surface area (Å²) < 4.78 is 12.4. The maximum atomic E-state index is 13.1. The van der Waals surface area contributed by atoms with Gasteiger partial charge in [-0.05, 0) is 85.9 Å². The summed E-state index contributed by atoms with van der Waals surface area (Å²) in [6.45, 7) is 5.20. The van der Waals surface area contributed by atoms with Gasteiger partial charge < -0.3 is 9.47 Å². The van der Waals surface area contributed by atoms with Gasteiger partial charge in [-0.15, -0.1) is 0 Å². The minimum atomic E-state index is -0.0602. The Bertz CT molecular complexity index is 986. The topological polar surface area (TPSA) is 51.1 Å².